The van der Waals surface area contributed by atoms with Crippen molar-refractivity contribution in [2.75, 3.05) is 0 Å². The Bertz CT molecular complexity index is 852. The minimum absolute atomic E-state index is 0.105. The highest BCUT2D eigenvalue weighted by atomic mass is 32.1. The molecule has 0 aliphatic heterocycles. The molecule has 1 amide bonds. The summed E-state index contributed by atoms with van der Waals surface area (Å²) in [6, 6.07) is 7.45. The molecule has 0 spiro atoms. The number of hydrogen-bond acceptors (Lipinski definition) is 5. The molecule has 0 saturated heterocycles. The molecule has 112 valence electrons. The van der Waals surface area contributed by atoms with Gasteiger partial charge in [-0.1, -0.05) is 18.2 Å². The van der Waals surface area contributed by atoms with E-state index in [2.05, 4.69) is 5.10 Å². The van der Waals surface area contributed by atoms with E-state index in [0.717, 1.165) is 4.68 Å². The number of thiophene rings is 1. The normalized spacial score (nSPS) is 12.2. The van der Waals surface area contributed by atoms with Crippen LogP contribution < -0.4 is 11.5 Å². The standard InChI is InChI=1S/C14H10FN3O3S/c15-9-5-3-8(4-6-9)11(12(16)19)18-14(20)21-13(17-18)10-2-1-7-22-10/h1-7,11H,(H2,16,19). The van der Waals surface area contributed by atoms with Crippen LogP contribution in [0.15, 0.2) is 51.0 Å². The third-order valence-corrected chi connectivity index (χ3v) is 3.86. The Morgan fingerprint density at radius 1 is 1.32 bits per heavy atom. The van der Waals surface area contributed by atoms with Crippen LogP contribution in [0, 0.1) is 5.82 Å². The smallest absolute Gasteiger partial charge is 0.387 e. The van der Waals surface area contributed by atoms with Crippen molar-refractivity contribution in [3.8, 4) is 10.8 Å². The fourth-order valence-corrected chi connectivity index (χ4v) is 2.67. The van der Waals surface area contributed by atoms with Crippen molar-refractivity contribution in [1.29, 1.82) is 0 Å². The average Bonchev–Trinajstić information content (AvgIpc) is 3.11. The van der Waals surface area contributed by atoms with Crippen LogP contribution in [-0.2, 0) is 4.79 Å². The molecule has 0 aliphatic carbocycles. The predicted molar refractivity (Wildman–Crippen MR) is 77.8 cm³/mol. The van der Waals surface area contributed by atoms with Gasteiger partial charge in [-0.25, -0.2) is 9.18 Å². The molecule has 6 nitrogen and oxygen atoms in total. The average molecular weight is 319 g/mol. The Morgan fingerprint density at radius 2 is 2.05 bits per heavy atom. The van der Waals surface area contributed by atoms with Gasteiger partial charge in [0.2, 0.25) is 5.91 Å². The molecule has 0 fully saturated rings. The van der Waals surface area contributed by atoms with E-state index in [1.807, 2.05) is 0 Å². The molecule has 2 heterocycles. The van der Waals surface area contributed by atoms with Crippen LogP contribution in [-0.4, -0.2) is 15.7 Å². The van der Waals surface area contributed by atoms with Gasteiger partial charge in [-0.05, 0) is 29.1 Å². The molecule has 0 bridgehead atoms. The van der Waals surface area contributed by atoms with Gasteiger partial charge in [0.1, 0.15) is 5.82 Å². The number of nitrogens with two attached hydrogens (primary N) is 1. The maximum absolute atomic E-state index is 13.0. The van der Waals surface area contributed by atoms with Gasteiger partial charge in [-0.2, -0.15) is 4.68 Å². The van der Waals surface area contributed by atoms with Gasteiger partial charge < -0.3 is 10.2 Å². The highest BCUT2D eigenvalue weighted by Crippen LogP contribution is 2.23. The molecule has 22 heavy (non-hydrogen) atoms. The van der Waals surface area contributed by atoms with Gasteiger partial charge in [0.15, 0.2) is 6.04 Å². The number of carbonyl (C=O) groups is 1. The third kappa shape index (κ3) is 2.56. The molecular weight excluding hydrogens is 309 g/mol. The zero-order valence-corrected chi connectivity index (χ0v) is 11.9. The Morgan fingerprint density at radius 3 is 2.64 bits per heavy atom. The van der Waals surface area contributed by atoms with Crippen molar-refractivity contribution in [3.63, 3.8) is 0 Å². The van der Waals surface area contributed by atoms with Gasteiger partial charge in [0.25, 0.3) is 5.89 Å². The van der Waals surface area contributed by atoms with Crippen LogP contribution in [0.5, 0.6) is 0 Å². The molecule has 2 aromatic heterocycles. The molecule has 8 heteroatoms. The lowest BCUT2D eigenvalue weighted by Crippen LogP contribution is -2.33. The Kier molecular flexibility index (Phi) is 3.60. The lowest BCUT2D eigenvalue weighted by Gasteiger charge is -2.12. The van der Waals surface area contributed by atoms with Gasteiger partial charge in [-0.3, -0.25) is 4.79 Å². The fraction of sp³-hybridized carbons (Fsp3) is 0.0714. The lowest BCUT2D eigenvalue weighted by atomic mass is 10.1. The molecule has 2 N–H and O–H groups in total. The number of aromatic nitrogens is 2. The number of nitrogens with zero attached hydrogens (tertiary/aromatic N) is 2. The van der Waals surface area contributed by atoms with E-state index in [-0.39, 0.29) is 5.89 Å². The number of primary amides is 1. The monoisotopic (exact) mass is 319 g/mol. The van der Waals surface area contributed by atoms with E-state index in [1.54, 1.807) is 17.5 Å². The van der Waals surface area contributed by atoms with E-state index < -0.39 is 23.5 Å². The summed E-state index contributed by atoms with van der Waals surface area (Å²) in [5.41, 5.74) is 5.71. The first-order valence-corrected chi connectivity index (χ1v) is 7.12. The summed E-state index contributed by atoms with van der Waals surface area (Å²) in [6.45, 7) is 0. The summed E-state index contributed by atoms with van der Waals surface area (Å²) in [5.74, 6) is -1.96. The van der Waals surface area contributed by atoms with E-state index in [0.29, 0.717) is 10.4 Å². The molecule has 3 aromatic rings. The Hall–Kier alpha value is -2.74. The van der Waals surface area contributed by atoms with E-state index in [9.17, 15) is 14.0 Å². The fourth-order valence-electron chi connectivity index (χ4n) is 2.02. The van der Waals surface area contributed by atoms with E-state index in [4.69, 9.17) is 10.2 Å². The number of hydrogen-bond donors (Lipinski definition) is 1. The topological polar surface area (TPSA) is 91.1 Å². The Balaban J connectivity index is 2.08. The van der Waals surface area contributed by atoms with Crippen LogP contribution in [0.1, 0.15) is 11.6 Å². The van der Waals surface area contributed by atoms with Crippen LogP contribution >= 0.6 is 11.3 Å². The number of amides is 1. The molecule has 0 aliphatic rings. The summed E-state index contributed by atoms with van der Waals surface area (Å²) in [5, 5.41) is 5.83. The third-order valence-electron chi connectivity index (χ3n) is 3.00. The predicted octanol–water partition coefficient (Wildman–Crippen LogP) is 1.78. The minimum Gasteiger partial charge on any atom is -0.387 e. The summed E-state index contributed by atoms with van der Waals surface area (Å²) in [6.07, 6.45) is 0. The quantitative estimate of drug-likeness (QED) is 0.793. The largest absolute Gasteiger partial charge is 0.438 e. The molecule has 3 rings (SSSR count). The summed E-state index contributed by atoms with van der Waals surface area (Å²) < 4.78 is 18.9. The molecule has 1 unspecified atom stereocenters. The first kappa shape index (κ1) is 14.2. The second-order valence-electron chi connectivity index (χ2n) is 4.45. The Labute approximate surface area is 127 Å². The molecule has 1 atom stereocenters. The molecule has 0 saturated carbocycles. The number of carbonyl (C=O) groups excluding carboxylic acids is 1. The lowest BCUT2D eigenvalue weighted by molar-refractivity contribution is -0.120. The van der Waals surface area contributed by atoms with Gasteiger partial charge in [0, 0.05) is 0 Å². The van der Waals surface area contributed by atoms with Crippen LogP contribution in [0.2, 0.25) is 0 Å². The molecular formula is C14H10FN3O3S. The van der Waals surface area contributed by atoms with Crippen LogP contribution in [0.3, 0.4) is 0 Å². The maximum atomic E-state index is 13.0. The van der Waals surface area contributed by atoms with E-state index >= 15 is 0 Å². The summed E-state index contributed by atoms with van der Waals surface area (Å²) in [7, 11) is 0. The number of benzene rings is 1. The summed E-state index contributed by atoms with van der Waals surface area (Å²) in [4.78, 5) is 24.4. The summed E-state index contributed by atoms with van der Waals surface area (Å²) >= 11 is 1.34. The first-order valence-electron chi connectivity index (χ1n) is 6.24. The SMILES string of the molecule is NC(=O)C(c1ccc(F)cc1)n1nc(-c2cccs2)oc1=O. The highest BCUT2D eigenvalue weighted by molar-refractivity contribution is 7.13. The van der Waals surface area contributed by atoms with Crippen molar-refractivity contribution in [2.24, 2.45) is 5.73 Å². The zero-order valence-electron chi connectivity index (χ0n) is 11.1. The van der Waals surface area contributed by atoms with Gasteiger partial charge in [-0.15, -0.1) is 16.4 Å². The second kappa shape index (κ2) is 5.57. The molecule has 0 radical (unpaired) electrons. The van der Waals surface area contributed by atoms with Crippen LogP contribution in [0.4, 0.5) is 4.39 Å². The van der Waals surface area contributed by atoms with Crippen molar-refractivity contribution in [2.45, 2.75) is 6.04 Å². The number of rotatable bonds is 4. The van der Waals surface area contributed by atoms with Crippen molar-refractivity contribution < 1.29 is 13.6 Å². The van der Waals surface area contributed by atoms with Crippen molar-refractivity contribution in [3.05, 3.63) is 63.7 Å². The van der Waals surface area contributed by atoms with Crippen molar-refractivity contribution >= 4 is 17.2 Å². The minimum atomic E-state index is -1.16. The van der Waals surface area contributed by atoms with Gasteiger partial charge in [0.05, 0.1) is 4.88 Å². The highest BCUT2D eigenvalue weighted by Gasteiger charge is 2.25. The van der Waals surface area contributed by atoms with Gasteiger partial charge >= 0.3 is 5.76 Å². The zero-order chi connectivity index (χ0) is 15.7. The van der Waals surface area contributed by atoms with Crippen molar-refractivity contribution in [1.82, 2.24) is 9.78 Å². The number of halogens is 1. The van der Waals surface area contributed by atoms with Crippen LogP contribution in [0.25, 0.3) is 10.8 Å². The second-order valence-corrected chi connectivity index (χ2v) is 5.40. The first-order chi connectivity index (χ1) is 10.6. The molecule has 1 aromatic carbocycles. The van der Waals surface area contributed by atoms with E-state index in [1.165, 1.54) is 35.6 Å². The maximum Gasteiger partial charge on any atom is 0.438 e.